The molecule has 10 heteroatoms. The molecule has 45 heavy (non-hydrogen) atoms. The lowest BCUT2D eigenvalue weighted by Gasteiger charge is -2.26. The van der Waals surface area contributed by atoms with E-state index in [1.807, 2.05) is 25.1 Å². The van der Waals surface area contributed by atoms with E-state index >= 15 is 0 Å². The number of aryl methyl sites for hydroxylation is 2. The van der Waals surface area contributed by atoms with Crippen LogP contribution in [0.15, 0.2) is 84.4 Å². The minimum Gasteiger partial charge on any atom is -0.490 e. The van der Waals surface area contributed by atoms with Crippen molar-refractivity contribution >= 4 is 63.8 Å². The summed E-state index contributed by atoms with van der Waals surface area (Å²) in [6, 6.07) is 22.6. The Kier molecular flexibility index (Phi) is 10.1. The maximum Gasteiger partial charge on any atom is 0.335 e. The van der Waals surface area contributed by atoms with Crippen molar-refractivity contribution in [1.82, 2.24) is 5.32 Å². The lowest BCUT2D eigenvalue weighted by molar-refractivity contribution is -0.122. The van der Waals surface area contributed by atoms with E-state index in [2.05, 4.69) is 53.9 Å². The number of rotatable bonds is 10. The topological polar surface area (TPSA) is 94.2 Å². The molecule has 0 unspecified atom stereocenters. The van der Waals surface area contributed by atoms with Crippen molar-refractivity contribution in [1.29, 1.82) is 0 Å². The van der Waals surface area contributed by atoms with Crippen LogP contribution in [0.4, 0.5) is 10.5 Å². The molecular weight excluding hydrogens is 707 g/mol. The first-order valence-electron chi connectivity index (χ1n) is 14.2. The maximum atomic E-state index is 13.5. The second-order valence-electron chi connectivity index (χ2n) is 10.3. The van der Waals surface area contributed by atoms with Crippen LogP contribution in [-0.4, -0.2) is 24.5 Å². The number of nitrogens with one attached hydrogen (secondary N) is 1. The van der Waals surface area contributed by atoms with E-state index in [1.54, 1.807) is 48.5 Å². The minimum atomic E-state index is -0.836. The van der Waals surface area contributed by atoms with Gasteiger partial charge in [-0.1, -0.05) is 41.9 Å². The molecule has 4 amide bonds. The van der Waals surface area contributed by atoms with Gasteiger partial charge in [-0.2, -0.15) is 0 Å². The quantitative estimate of drug-likeness (QED) is 0.102. The number of carbonyl (C=O) groups excluding carboxylic acids is 3. The number of benzene rings is 4. The van der Waals surface area contributed by atoms with Gasteiger partial charge >= 0.3 is 6.03 Å². The third-order valence-corrected chi connectivity index (χ3v) is 8.17. The van der Waals surface area contributed by atoms with Crippen molar-refractivity contribution in [3.63, 3.8) is 0 Å². The van der Waals surface area contributed by atoms with Crippen molar-refractivity contribution in [2.24, 2.45) is 0 Å². The lowest BCUT2D eigenvalue weighted by Crippen LogP contribution is -2.54. The van der Waals surface area contributed by atoms with Crippen molar-refractivity contribution in [3.05, 3.63) is 121 Å². The summed E-state index contributed by atoms with van der Waals surface area (Å²) in [5, 5.41) is 2.90. The van der Waals surface area contributed by atoms with Crippen molar-refractivity contribution in [3.8, 4) is 17.2 Å². The second-order valence-corrected chi connectivity index (χ2v) is 11.9. The van der Waals surface area contributed by atoms with Gasteiger partial charge in [-0.25, -0.2) is 9.69 Å². The summed E-state index contributed by atoms with van der Waals surface area (Å²) >= 11 is 8.08. The van der Waals surface area contributed by atoms with E-state index < -0.39 is 17.8 Å². The zero-order chi connectivity index (χ0) is 32.1. The number of hydrogen-bond acceptors (Lipinski definition) is 6. The average molecular weight is 737 g/mol. The summed E-state index contributed by atoms with van der Waals surface area (Å²) < 4.78 is 18.6. The average Bonchev–Trinajstić information content (AvgIpc) is 3.01. The van der Waals surface area contributed by atoms with E-state index in [0.717, 1.165) is 19.6 Å². The van der Waals surface area contributed by atoms with E-state index in [1.165, 1.54) is 17.2 Å². The van der Waals surface area contributed by atoms with Crippen molar-refractivity contribution < 1.29 is 28.6 Å². The fourth-order valence-electron chi connectivity index (χ4n) is 4.62. The Balaban J connectivity index is 1.35. The predicted octanol–water partition coefficient (Wildman–Crippen LogP) is 7.78. The molecule has 1 N–H and O–H groups in total. The summed E-state index contributed by atoms with van der Waals surface area (Å²) in [5.74, 6) is 0.0513. The van der Waals surface area contributed by atoms with Gasteiger partial charge in [0, 0.05) is 5.02 Å². The molecule has 4 aromatic carbocycles. The van der Waals surface area contributed by atoms with E-state index in [9.17, 15) is 14.4 Å². The van der Waals surface area contributed by atoms with Crippen LogP contribution in [0.1, 0.15) is 34.7 Å². The van der Waals surface area contributed by atoms with Crippen LogP contribution < -0.4 is 24.4 Å². The Labute approximate surface area is 280 Å². The molecule has 230 valence electrons. The molecule has 1 heterocycles. The molecule has 1 aliphatic heterocycles. The Morgan fingerprint density at radius 2 is 1.51 bits per heavy atom. The van der Waals surface area contributed by atoms with Gasteiger partial charge in [0.05, 0.1) is 15.9 Å². The molecule has 5 rings (SSSR count). The Bertz CT molecular complexity index is 1790. The molecule has 0 bridgehead atoms. The molecule has 0 radical (unpaired) electrons. The second kappa shape index (κ2) is 14.2. The first kappa shape index (κ1) is 32.1. The molecule has 8 nitrogen and oxygen atoms in total. The molecule has 0 aliphatic carbocycles. The van der Waals surface area contributed by atoms with Gasteiger partial charge in [0.15, 0.2) is 11.5 Å². The number of nitrogens with zero attached hydrogens (tertiary/aromatic N) is 1. The molecule has 1 saturated heterocycles. The summed E-state index contributed by atoms with van der Waals surface area (Å²) in [6.45, 7) is 7.03. The maximum absolute atomic E-state index is 13.5. The molecule has 0 aromatic heterocycles. The number of ether oxygens (including phenoxy) is 3. The largest absolute Gasteiger partial charge is 0.490 e. The predicted molar refractivity (Wildman–Crippen MR) is 182 cm³/mol. The van der Waals surface area contributed by atoms with Crippen LogP contribution in [0.5, 0.6) is 17.2 Å². The van der Waals surface area contributed by atoms with Crippen LogP contribution in [-0.2, 0) is 22.8 Å². The van der Waals surface area contributed by atoms with Crippen LogP contribution >= 0.6 is 34.2 Å². The molecule has 0 atom stereocenters. The van der Waals surface area contributed by atoms with Gasteiger partial charge in [0.2, 0.25) is 0 Å². The molecular formula is C35H30ClIN2O6. The third kappa shape index (κ3) is 7.66. The number of barbiturate groups is 1. The molecule has 1 aliphatic rings. The van der Waals surface area contributed by atoms with E-state index in [4.69, 9.17) is 25.8 Å². The van der Waals surface area contributed by atoms with Gasteiger partial charge < -0.3 is 14.2 Å². The van der Waals surface area contributed by atoms with E-state index in [-0.39, 0.29) is 11.3 Å². The first-order valence-corrected chi connectivity index (χ1v) is 15.6. The van der Waals surface area contributed by atoms with E-state index in [0.29, 0.717) is 47.7 Å². The van der Waals surface area contributed by atoms with Crippen LogP contribution in [0, 0.1) is 17.4 Å². The monoisotopic (exact) mass is 736 g/mol. The number of urea groups is 1. The molecule has 0 saturated carbocycles. The van der Waals surface area contributed by atoms with Crippen molar-refractivity contribution in [2.45, 2.75) is 34.0 Å². The van der Waals surface area contributed by atoms with Crippen molar-refractivity contribution in [2.75, 3.05) is 11.5 Å². The highest BCUT2D eigenvalue weighted by atomic mass is 127. The normalized spacial score (nSPS) is 14.0. The molecule has 4 aromatic rings. The van der Waals surface area contributed by atoms with Crippen LogP contribution in [0.2, 0.25) is 5.02 Å². The first-order chi connectivity index (χ1) is 21.6. The standard InChI is InChI=1S/C35H30ClIN2O6/c1-4-43-31-18-25(17-30(37)32(31)45-20-24-6-5-21(2)22(3)15-24)16-29-33(40)38-35(42)39(34(29)41)27-11-13-28(14-12-27)44-19-23-7-9-26(36)10-8-23/h5-18H,4,19-20H2,1-3H3,(H,38,40,42)/b29-16+. The number of imide groups is 2. The number of halogens is 2. The van der Waals surface area contributed by atoms with Gasteiger partial charge in [-0.3, -0.25) is 14.9 Å². The Hall–Kier alpha value is -4.35. The lowest BCUT2D eigenvalue weighted by atomic mass is 10.1. The Morgan fingerprint density at radius 3 is 2.20 bits per heavy atom. The summed E-state index contributed by atoms with van der Waals surface area (Å²) in [4.78, 5) is 40.0. The number of carbonyl (C=O) groups is 3. The highest BCUT2D eigenvalue weighted by Gasteiger charge is 2.37. The Morgan fingerprint density at radius 1 is 0.822 bits per heavy atom. The smallest absolute Gasteiger partial charge is 0.335 e. The fraction of sp³-hybridized carbons (Fsp3) is 0.171. The SMILES string of the molecule is CCOc1cc(/C=C2\C(=O)NC(=O)N(c3ccc(OCc4ccc(Cl)cc4)cc3)C2=O)cc(I)c1OCc1ccc(C)c(C)c1. The van der Waals surface area contributed by atoms with Crippen LogP contribution in [0.3, 0.4) is 0 Å². The zero-order valence-corrected chi connectivity index (χ0v) is 27.8. The van der Waals surface area contributed by atoms with Gasteiger partial charge in [0.1, 0.15) is 24.5 Å². The third-order valence-electron chi connectivity index (χ3n) is 7.11. The number of anilines is 1. The number of hydrogen-bond donors (Lipinski definition) is 1. The minimum absolute atomic E-state index is 0.195. The molecule has 1 fully saturated rings. The van der Waals surface area contributed by atoms with Gasteiger partial charge in [-0.05, 0) is 126 Å². The highest BCUT2D eigenvalue weighted by Crippen LogP contribution is 2.36. The highest BCUT2D eigenvalue weighted by molar-refractivity contribution is 14.1. The van der Waals surface area contributed by atoms with Gasteiger partial charge in [-0.15, -0.1) is 0 Å². The molecule has 0 spiro atoms. The zero-order valence-electron chi connectivity index (χ0n) is 24.9. The summed E-state index contributed by atoms with van der Waals surface area (Å²) in [5.41, 5.74) is 4.98. The summed E-state index contributed by atoms with van der Waals surface area (Å²) in [6.07, 6.45) is 1.44. The van der Waals surface area contributed by atoms with Gasteiger partial charge in [0.25, 0.3) is 11.8 Å². The fourth-order valence-corrected chi connectivity index (χ4v) is 5.53. The summed E-state index contributed by atoms with van der Waals surface area (Å²) in [7, 11) is 0. The number of amides is 4. The van der Waals surface area contributed by atoms with Crippen LogP contribution in [0.25, 0.3) is 6.08 Å².